The Hall–Kier alpha value is -3.59. The van der Waals surface area contributed by atoms with Gasteiger partial charge in [-0.1, -0.05) is 11.6 Å². The van der Waals surface area contributed by atoms with Crippen molar-refractivity contribution in [3.8, 4) is 11.4 Å². The number of hydrogen-bond donors (Lipinski definition) is 1. The third kappa shape index (κ3) is 4.46. The Morgan fingerprint density at radius 1 is 1.13 bits per heavy atom. The summed E-state index contributed by atoms with van der Waals surface area (Å²) in [6, 6.07) is 13.2. The fraction of sp³-hybridized carbons (Fsp3) is 0.0952. The predicted octanol–water partition coefficient (Wildman–Crippen LogP) is 5.53. The van der Waals surface area contributed by atoms with Gasteiger partial charge in [-0.3, -0.25) is 9.36 Å². The number of amides is 1. The molecular formula is C21H14ClF3N4O2. The average molecular weight is 447 g/mol. The summed E-state index contributed by atoms with van der Waals surface area (Å²) in [7, 11) is 0. The Kier molecular flexibility index (Phi) is 5.28. The van der Waals surface area contributed by atoms with Gasteiger partial charge in [-0.25, -0.2) is 9.97 Å². The molecule has 2 aromatic heterocycles. The minimum atomic E-state index is -4.78. The lowest BCUT2D eigenvalue weighted by Crippen LogP contribution is -2.17. The Balaban J connectivity index is 1.61. The van der Waals surface area contributed by atoms with Crippen molar-refractivity contribution in [2.24, 2.45) is 0 Å². The summed E-state index contributed by atoms with van der Waals surface area (Å²) in [5.41, 5.74) is 2.42. The smallest absolute Gasteiger partial charge is 0.406 e. The van der Waals surface area contributed by atoms with Crippen LogP contribution in [0.4, 0.5) is 18.9 Å². The number of nitrogens with one attached hydrogen (secondary N) is 1. The molecule has 0 saturated carbocycles. The Bertz CT molecular complexity index is 1270. The Labute approximate surface area is 179 Å². The van der Waals surface area contributed by atoms with E-state index in [2.05, 4.69) is 20.0 Å². The van der Waals surface area contributed by atoms with E-state index in [9.17, 15) is 18.0 Å². The van der Waals surface area contributed by atoms with Crippen LogP contribution < -0.4 is 10.1 Å². The SMILES string of the molecule is Cc1nc2cccnc2n1-c1cc(C(=O)Nc2ccc(OC(F)(F)F)cc2)ccc1Cl. The lowest BCUT2D eigenvalue weighted by Gasteiger charge is -2.12. The normalized spacial score (nSPS) is 11.5. The topological polar surface area (TPSA) is 69.0 Å². The van der Waals surface area contributed by atoms with E-state index in [0.29, 0.717) is 38.9 Å². The molecule has 2 aromatic carbocycles. The van der Waals surface area contributed by atoms with Crippen molar-refractivity contribution in [2.45, 2.75) is 13.3 Å². The number of carbonyl (C=O) groups is 1. The number of imidazole rings is 1. The van der Waals surface area contributed by atoms with Crippen LogP contribution in [-0.4, -0.2) is 26.8 Å². The summed E-state index contributed by atoms with van der Waals surface area (Å²) >= 11 is 6.38. The van der Waals surface area contributed by atoms with Crippen molar-refractivity contribution in [2.75, 3.05) is 5.32 Å². The van der Waals surface area contributed by atoms with Crippen LogP contribution in [0.2, 0.25) is 5.02 Å². The van der Waals surface area contributed by atoms with Gasteiger partial charge in [-0.05, 0) is 61.5 Å². The number of carbonyl (C=O) groups excluding carboxylic acids is 1. The van der Waals surface area contributed by atoms with Crippen molar-refractivity contribution in [1.82, 2.24) is 14.5 Å². The molecule has 0 saturated heterocycles. The number of rotatable bonds is 4. The van der Waals surface area contributed by atoms with Crippen LogP contribution in [0.25, 0.3) is 16.9 Å². The zero-order valence-electron chi connectivity index (χ0n) is 15.9. The molecule has 0 fully saturated rings. The third-order valence-electron chi connectivity index (χ3n) is 4.38. The van der Waals surface area contributed by atoms with Crippen LogP contribution in [0.1, 0.15) is 16.2 Å². The van der Waals surface area contributed by atoms with E-state index in [4.69, 9.17) is 11.6 Å². The molecule has 4 rings (SSSR count). The third-order valence-corrected chi connectivity index (χ3v) is 4.70. The highest BCUT2D eigenvalue weighted by Crippen LogP contribution is 2.28. The van der Waals surface area contributed by atoms with E-state index in [1.807, 2.05) is 6.07 Å². The molecule has 158 valence electrons. The molecule has 31 heavy (non-hydrogen) atoms. The summed E-state index contributed by atoms with van der Waals surface area (Å²) in [6.45, 7) is 1.80. The number of alkyl halides is 3. The number of nitrogens with zero attached hydrogens (tertiary/aromatic N) is 3. The highest BCUT2D eigenvalue weighted by Gasteiger charge is 2.31. The molecular weight excluding hydrogens is 433 g/mol. The van der Waals surface area contributed by atoms with Gasteiger partial charge >= 0.3 is 6.36 Å². The quantitative estimate of drug-likeness (QED) is 0.447. The number of benzene rings is 2. The molecule has 4 aromatic rings. The molecule has 0 atom stereocenters. The van der Waals surface area contributed by atoms with Crippen molar-refractivity contribution in [3.63, 3.8) is 0 Å². The van der Waals surface area contributed by atoms with Gasteiger partial charge in [-0.2, -0.15) is 0 Å². The molecule has 0 radical (unpaired) electrons. The summed E-state index contributed by atoms with van der Waals surface area (Å²) in [5, 5.41) is 3.03. The molecule has 0 bridgehead atoms. The van der Waals surface area contributed by atoms with Crippen molar-refractivity contribution >= 4 is 34.4 Å². The van der Waals surface area contributed by atoms with Crippen molar-refractivity contribution < 1.29 is 22.7 Å². The Morgan fingerprint density at radius 3 is 2.58 bits per heavy atom. The second-order valence-corrected chi connectivity index (χ2v) is 6.94. The minimum absolute atomic E-state index is 0.298. The molecule has 0 unspecified atom stereocenters. The van der Waals surface area contributed by atoms with Gasteiger partial charge in [0.15, 0.2) is 5.65 Å². The first-order valence-corrected chi connectivity index (χ1v) is 9.36. The minimum Gasteiger partial charge on any atom is -0.406 e. The van der Waals surface area contributed by atoms with Crippen molar-refractivity contribution in [3.05, 3.63) is 77.2 Å². The fourth-order valence-electron chi connectivity index (χ4n) is 3.08. The lowest BCUT2D eigenvalue weighted by molar-refractivity contribution is -0.274. The van der Waals surface area contributed by atoms with Gasteiger partial charge in [0.2, 0.25) is 0 Å². The number of aryl methyl sites for hydroxylation is 1. The zero-order chi connectivity index (χ0) is 22.2. The number of hydrogen-bond acceptors (Lipinski definition) is 4. The van der Waals surface area contributed by atoms with Gasteiger partial charge in [0, 0.05) is 17.4 Å². The molecule has 2 heterocycles. The maximum Gasteiger partial charge on any atom is 0.573 e. The molecule has 1 amide bonds. The van der Waals surface area contributed by atoms with Crippen LogP contribution >= 0.6 is 11.6 Å². The first-order valence-electron chi connectivity index (χ1n) is 8.98. The van der Waals surface area contributed by atoms with E-state index in [0.717, 1.165) is 12.1 Å². The first-order chi connectivity index (χ1) is 14.7. The maximum absolute atomic E-state index is 12.7. The van der Waals surface area contributed by atoms with Gasteiger partial charge in [0.1, 0.15) is 17.1 Å². The monoisotopic (exact) mass is 446 g/mol. The second-order valence-electron chi connectivity index (χ2n) is 6.53. The first kappa shape index (κ1) is 20.7. The van der Waals surface area contributed by atoms with Crippen molar-refractivity contribution in [1.29, 1.82) is 0 Å². The summed E-state index contributed by atoms with van der Waals surface area (Å²) in [6.07, 6.45) is -3.15. The number of pyridine rings is 1. The number of anilines is 1. The van der Waals surface area contributed by atoms with Crippen LogP contribution in [-0.2, 0) is 0 Å². The number of halogens is 4. The van der Waals surface area contributed by atoms with Crippen LogP contribution in [0, 0.1) is 6.92 Å². The molecule has 10 heteroatoms. The fourth-order valence-corrected chi connectivity index (χ4v) is 3.28. The zero-order valence-corrected chi connectivity index (χ0v) is 16.7. The van der Waals surface area contributed by atoms with Gasteiger partial charge < -0.3 is 10.1 Å². The lowest BCUT2D eigenvalue weighted by atomic mass is 10.1. The number of fused-ring (bicyclic) bond motifs is 1. The molecule has 1 N–H and O–H groups in total. The summed E-state index contributed by atoms with van der Waals surface area (Å²) in [5.74, 6) is -0.194. The number of aromatic nitrogens is 3. The highest BCUT2D eigenvalue weighted by molar-refractivity contribution is 6.32. The molecule has 0 aliphatic rings. The molecule has 0 aliphatic heterocycles. The Morgan fingerprint density at radius 2 is 1.87 bits per heavy atom. The maximum atomic E-state index is 12.7. The average Bonchev–Trinajstić information content (AvgIpc) is 3.04. The van der Waals surface area contributed by atoms with E-state index in [1.165, 1.54) is 12.1 Å². The highest BCUT2D eigenvalue weighted by atomic mass is 35.5. The van der Waals surface area contributed by atoms with Crippen LogP contribution in [0.15, 0.2) is 60.8 Å². The van der Waals surface area contributed by atoms with E-state index >= 15 is 0 Å². The molecule has 6 nitrogen and oxygen atoms in total. The second kappa shape index (κ2) is 7.92. The van der Waals surface area contributed by atoms with E-state index < -0.39 is 12.3 Å². The number of ether oxygens (including phenoxy) is 1. The summed E-state index contributed by atoms with van der Waals surface area (Å²) < 4.78 is 42.4. The molecule has 0 aliphatic carbocycles. The predicted molar refractivity (Wildman–Crippen MR) is 110 cm³/mol. The van der Waals surface area contributed by atoms with Gasteiger partial charge in [0.05, 0.1) is 10.7 Å². The van der Waals surface area contributed by atoms with Crippen LogP contribution in [0.5, 0.6) is 5.75 Å². The summed E-state index contributed by atoms with van der Waals surface area (Å²) in [4.78, 5) is 21.5. The van der Waals surface area contributed by atoms with Gasteiger partial charge in [-0.15, -0.1) is 13.2 Å². The van der Waals surface area contributed by atoms with Gasteiger partial charge in [0.25, 0.3) is 5.91 Å². The van der Waals surface area contributed by atoms with E-state index in [-0.39, 0.29) is 5.75 Å². The van der Waals surface area contributed by atoms with E-state index in [1.54, 1.807) is 42.0 Å². The standard InChI is InChI=1S/C21H14ClF3N4O2/c1-12-27-17-3-2-10-26-19(17)29(12)18-11-13(4-9-16(18)22)20(30)28-14-5-7-15(8-6-14)31-21(23,24)25/h2-11H,1H3,(H,28,30). The van der Waals surface area contributed by atoms with Crippen LogP contribution in [0.3, 0.4) is 0 Å². The largest absolute Gasteiger partial charge is 0.573 e. The molecule has 0 spiro atoms.